The first-order valence-corrected chi connectivity index (χ1v) is 9.32. The largest absolute Gasteiger partial charge is 0.395 e. The van der Waals surface area contributed by atoms with Crippen molar-refractivity contribution in [2.45, 2.75) is 6.42 Å². The lowest BCUT2D eigenvalue weighted by Gasteiger charge is -2.08. The highest BCUT2D eigenvalue weighted by molar-refractivity contribution is 8.08. The Kier molecular flexibility index (Phi) is 5.56. The van der Waals surface area contributed by atoms with Gasteiger partial charge in [-0.2, -0.15) is 0 Å². The predicted molar refractivity (Wildman–Crippen MR) is 77.3 cm³/mol. The summed E-state index contributed by atoms with van der Waals surface area (Å²) in [6, 6.07) is 6.37. The van der Waals surface area contributed by atoms with Gasteiger partial charge in [0.15, 0.2) is 14.9 Å². The first-order chi connectivity index (χ1) is 9.23. The molecule has 0 aliphatic rings. The van der Waals surface area contributed by atoms with Crippen molar-refractivity contribution in [1.82, 2.24) is 0 Å². The van der Waals surface area contributed by atoms with Crippen LogP contribution in [0.25, 0.3) is 0 Å². The molecular weight excluding hydrogens is 302 g/mol. The van der Waals surface area contributed by atoms with Gasteiger partial charge in [-0.25, -0.2) is 16.8 Å². The van der Waals surface area contributed by atoms with E-state index in [1.807, 2.05) is 0 Å². The van der Waals surface area contributed by atoms with E-state index in [1.165, 1.54) is 6.07 Å². The zero-order valence-electron chi connectivity index (χ0n) is 10.8. The molecule has 0 radical (unpaired) electrons. The molecule has 6 nitrogen and oxygen atoms in total. The van der Waals surface area contributed by atoms with Gasteiger partial charge in [-0.3, -0.25) is 4.72 Å². The van der Waals surface area contributed by atoms with Crippen LogP contribution in [0.15, 0.2) is 24.3 Å². The average Bonchev–Trinajstić information content (AvgIpc) is 2.28. The Morgan fingerprint density at radius 1 is 1.20 bits per heavy atom. The lowest BCUT2D eigenvalue weighted by molar-refractivity contribution is 0.305. The Morgan fingerprint density at radius 2 is 1.85 bits per heavy atom. The lowest BCUT2D eigenvalue weighted by atomic mass is 10.2. The average molecular weight is 317 g/mol. The summed E-state index contributed by atoms with van der Waals surface area (Å²) in [5.74, 6) is 5.39. The number of benzene rings is 1. The molecule has 2 N–H and O–H groups in total. The van der Waals surface area contributed by atoms with Gasteiger partial charge in [0.05, 0.1) is 12.3 Å². The van der Waals surface area contributed by atoms with E-state index in [0.717, 1.165) is 6.26 Å². The quantitative estimate of drug-likeness (QED) is 0.754. The van der Waals surface area contributed by atoms with E-state index in [9.17, 15) is 16.8 Å². The van der Waals surface area contributed by atoms with Crippen LogP contribution in [-0.2, 0) is 19.9 Å². The summed E-state index contributed by atoms with van der Waals surface area (Å²) < 4.78 is 47.8. The van der Waals surface area contributed by atoms with Gasteiger partial charge in [-0.1, -0.05) is 24.0 Å². The maximum absolute atomic E-state index is 11.7. The predicted octanol–water partition coefficient (Wildman–Crippen LogP) is 0.164. The topological polar surface area (TPSA) is 101 Å². The number of sulfonamides is 1. The summed E-state index contributed by atoms with van der Waals surface area (Å²) in [5.41, 5.74) is 0.625. The number of aliphatic hydroxyl groups excluding tert-OH is 1. The van der Waals surface area contributed by atoms with Crippen LogP contribution in [0, 0.1) is 11.8 Å². The molecule has 0 heterocycles. The monoisotopic (exact) mass is 317 g/mol. The van der Waals surface area contributed by atoms with Gasteiger partial charge in [0, 0.05) is 18.2 Å². The molecule has 0 amide bonds. The Hall–Kier alpha value is -1.56. The summed E-state index contributed by atoms with van der Waals surface area (Å²) in [5, 5.41) is 7.66. The molecule has 0 fully saturated rings. The van der Waals surface area contributed by atoms with Crippen molar-refractivity contribution < 1.29 is 21.9 Å². The number of para-hydroxylation sites is 1. The van der Waals surface area contributed by atoms with Crippen LogP contribution in [0.5, 0.6) is 0 Å². The van der Waals surface area contributed by atoms with Crippen molar-refractivity contribution in [3.63, 3.8) is 0 Å². The van der Waals surface area contributed by atoms with Crippen molar-refractivity contribution in [1.29, 1.82) is 0 Å². The molecule has 0 atom stereocenters. The van der Waals surface area contributed by atoms with E-state index in [-0.39, 0.29) is 18.7 Å². The van der Waals surface area contributed by atoms with E-state index in [4.69, 9.17) is 5.11 Å². The van der Waals surface area contributed by atoms with Crippen LogP contribution in [0.2, 0.25) is 0 Å². The molecule has 8 heteroatoms. The molecule has 1 aromatic carbocycles. The van der Waals surface area contributed by atoms with Gasteiger partial charge in [-0.05, 0) is 12.1 Å². The molecule has 0 aliphatic heterocycles. The van der Waals surface area contributed by atoms with Gasteiger partial charge in [0.25, 0.3) is 0 Å². The van der Waals surface area contributed by atoms with E-state index >= 15 is 0 Å². The fraction of sp³-hybridized carbons (Fsp3) is 0.333. The highest BCUT2D eigenvalue weighted by Gasteiger charge is 2.18. The van der Waals surface area contributed by atoms with Gasteiger partial charge in [-0.15, -0.1) is 0 Å². The van der Waals surface area contributed by atoms with E-state index in [0.29, 0.717) is 5.56 Å². The normalized spacial score (nSPS) is 11.5. The zero-order chi connectivity index (χ0) is 15.2. The van der Waals surface area contributed by atoms with Crippen LogP contribution in [0.1, 0.15) is 12.0 Å². The molecule has 0 unspecified atom stereocenters. The van der Waals surface area contributed by atoms with Crippen molar-refractivity contribution >= 4 is 25.5 Å². The minimum atomic E-state index is -4.00. The van der Waals surface area contributed by atoms with Crippen LogP contribution < -0.4 is 4.72 Å². The van der Waals surface area contributed by atoms with Gasteiger partial charge in [0.2, 0.25) is 10.0 Å². The number of hydrogen-bond donors (Lipinski definition) is 2. The van der Waals surface area contributed by atoms with Crippen molar-refractivity contribution in [2.75, 3.05) is 22.7 Å². The summed E-state index contributed by atoms with van der Waals surface area (Å²) in [6.07, 6.45) is 1.11. The second-order valence-electron chi connectivity index (χ2n) is 4.08. The van der Waals surface area contributed by atoms with Crippen LogP contribution in [0.4, 0.5) is 5.69 Å². The van der Waals surface area contributed by atoms with Crippen molar-refractivity contribution in [3.8, 4) is 11.8 Å². The second kappa shape index (κ2) is 6.74. The fourth-order valence-electron chi connectivity index (χ4n) is 1.37. The number of rotatable bonds is 5. The molecule has 20 heavy (non-hydrogen) atoms. The maximum atomic E-state index is 11.7. The third-order valence-electron chi connectivity index (χ3n) is 2.02. The molecule has 110 valence electrons. The molecule has 1 aromatic rings. The fourth-order valence-corrected chi connectivity index (χ4v) is 4.38. The van der Waals surface area contributed by atoms with E-state index in [1.54, 1.807) is 18.2 Å². The number of anilines is 1. The van der Waals surface area contributed by atoms with Gasteiger partial charge < -0.3 is 5.11 Å². The van der Waals surface area contributed by atoms with E-state index in [2.05, 4.69) is 16.6 Å². The highest BCUT2D eigenvalue weighted by atomic mass is 32.3. The molecule has 0 saturated carbocycles. The zero-order valence-corrected chi connectivity index (χ0v) is 12.5. The smallest absolute Gasteiger partial charge is 0.247 e. The molecule has 0 aliphatic carbocycles. The molecular formula is C12H15NO5S2. The van der Waals surface area contributed by atoms with Crippen molar-refractivity contribution in [2.24, 2.45) is 0 Å². The number of sulfone groups is 1. The van der Waals surface area contributed by atoms with E-state index < -0.39 is 24.9 Å². The minimum absolute atomic E-state index is 0.0883. The third kappa shape index (κ3) is 6.06. The Bertz CT molecular complexity index is 727. The summed E-state index contributed by atoms with van der Waals surface area (Å²) in [6.45, 7) is -0.0883. The Morgan fingerprint density at radius 3 is 2.45 bits per heavy atom. The van der Waals surface area contributed by atoms with Crippen LogP contribution in [-0.4, -0.2) is 39.9 Å². The summed E-state index contributed by atoms with van der Waals surface area (Å²) >= 11 is 0. The van der Waals surface area contributed by atoms with Crippen LogP contribution >= 0.6 is 0 Å². The number of hydrogen-bond acceptors (Lipinski definition) is 5. The molecule has 0 aromatic heterocycles. The van der Waals surface area contributed by atoms with Crippen LogP contribution in [0.3, 0.4) is 0 Å². The first-order valence-electron chi connectivity index (χ1n) is 5.60. The molecule has 1 rings (SSSR count). The molecule has 0 spiro atoms. The summed E-state index contributed by atoms with van der Waals surface area (Å²) in [4.78, 5) is 0. The lowest BCUT2D eigenvalue weighted by Crippen LogP contribution is -2.22. The van der Waals surface area contributed by atoms with Gasteiger partial charge in [0.1, 0.15) is 0 Å². The highest BCUT2D eigenvalue weighted by Crippen LogP contribution is 2.16. The van der Waals surface area contributed by atoms with Crippen molar-refractivity contribution in [3.05, 3.63) is 29.8 Å². The third-order valence-corrected chi connectivity index (χ3v) is 5.51. The number of aliphatic hydroxyl groups is 1. The first kappa shape index (κ1) is 16.5. The second-order valence-corrected chi connectivity index (χ2v) is 8.31. The standard InChI is InChI=1S/C12H15NO5S2/c1-19(15,16)10-20(17,18)13-12-8-3-2-6-11(12)7-4-5-9-14/h2-3,6,8,13-14H,5,9-10H2,1H3. The minimum Gasteiger partial charge on any atom is -0.395 e. The summed E-state index contributed by atoms with van der Waals surface area (Å²) in [7, 11) is -7.66. The molecule has 0 bridgehead atoms. The maximum Gasteiger partial charge on any atom is 0.247 e. The molecule has 0 saturated heterocycles. The SMILES string of the molecule is CS(=O)(=O)CS(=O)(=O)Nc1ccccc1C#CCCO. The Labute approximate surface area is 118 Å². The Balaban J connectivity index is 3.02. The number of nitrogens with one attached hydrogen (secondary N) is 1. The van der Waals surface area contributed by atoms with Gasteiger partial charge >= 0.3 is 0 Å².